The predicted octanol–water partition coefficient (Wildman–Crippen LogP) is 5.53. The van der Waals surface area contributed by atoms with E-state index in [1.165, 1.54) is 0 Å². The lowest BCUT2D eigenvalue weighted by Gasteiger charge is -2.42. The van der Waals surface area contributed by atoms with Gasteiger partial charge in [0.1, 0.15) is 10.4 Å². The maximum Gasteiger partial charge on any atom is 0.405 e. The number of hydrogen-bond donors (Lipinski definition) is 3. The van der Waals surface area contributed by atoms with Crippen LogP contribution in [0.2, 0.25) is 0 Å². The molecule has 1 aliphatic carbocycles. The zero-order valence-corrected chi connectivity index (χ0v) is 20.0. The third-order valence-electron chi connectivity index (χ3n) is 5.00. The van der Waals surface area contributed by atoms with Crippen molar-refractivity contribution in [2.24, 2.45) is 5.73 Å². The van der Waals surface area contributed by atoms with Gasteiger partial charge in [-0.3, -0.25) is 4.79 Å². The van der Waals surface area contributed by atoms with Crippen LogP contribution in [0.5, 0.6) is 0 Å². The van der Waals surface area contributed by atoms with Crippen LogP contribution in [-0.4, -0.2) is 28.7 Å². The molecule has 3 rings (SSSR count). The van der Waals surface area contributed by atoms with E-state index in [0.717, 1.165) is 30.4 Å². The number of Topliss-reactive ketones (excluding diaryl/α,β-unsaturated/α-hetero) is 1. The summed E-state index contributed by atoms with van der Waals surface area (Å²) in [6.45, 7) is 5.28. The fourth-order valence-corrected chi connectivity index (χ4v) is 3.97. The van der Waals surface area contributed by atoms with Crippen molar-refractivity contribution in [1.29, 1.82) is 0 Å². The van der Waals surface area contributed by atoms with E-state index < -0.39 is 23.3 Å². The van der Waals surface area contributed by atoms with Gasteiger partial charge in [0.2, 0.25) is 0 Å². The lowest BCUT2D eigenvalue weighted by molar-refractivity contribution is 0.0599. The second-order valence-electron chi connectivity index (χ2n) is 8.61. The average molecular weight is 505 g/mol. The standard InChI is InChI=1S/C19H18BrNO3.C5H11NO2/c20-16(13-5-2-1-3-6-13)17(22)14-7-9-15(10-8-14)19(11-4-12-19)21-18(23)24;1-5(2,3)8-4(6)7/h1-3,5-10,16,21H,4,11-12H2,(H,23,24);1-3H3,(H2,6,7). The maximum atomic E-state index is 12.6. The SMILES string of the molecule is CC(C)(C)OC(N)=O.O=C(O)NC1(c2ccc(C(=O)C(Br)c3ccccc3)cc2)CCC1. The second kappa shape index (κ2) is 10.6. The molecule has 0 heterocycles. The van der Waals surface area contributed by atoms with E-state index in [1.807, 2.05) is 42.5 Å². The molecular weight excluding hydrogens is 476 g/mol. The van der Waals surface area contributed by atoms with Crippen molar-refractivity contribution in [2.45, 2.75) is 56.0 Å². The number of ether oxygens (including phenoxy) is 1. The lowest BCUT2D eigenvalue weighted by Crippen LogP contribution is -2.50. The normalized spacial score (nSPS) is 15.2. The molecule has 8 heteroatoms. The van der Waals surface area contributed by atoms with Crippen LogP contribution in [0.1, 0.15) is 66.3 Å². The summed E-state index contributed by atoms with van der Waals surface area (Å²) in [5.41, 5.74) is 6.20. The number of amides is 2. The number of nitrogens with two attached hydrogens (primary N) is 1. The number of carbonyl (C=O) groups is 3. The number of alkyl halides is 1. The monoisotopic (exact) mass is 504 g/mol. The van der Waals surface area contributed by atoms with E-state index in [4.69, 9.17) is 10.8 Å². The third-order valence-corrected chi connectivity index (χ3v) is 5.95. The molecular formula is C24H29BrN2O5. The van der Waals surface area contributed by atoms with Gasteiger partial charge in [-0.25, -0.2) is 9.59 Å². The van der Waals surface area contributed by atoms with Gasteiger partial charge in [0.25, 0.3) is 0 Å². The highest BCUT2D eigenvalue weighted by atomic mass is 79.9. The molecule has 2 aromatic rings. The van der Waals surface area contributed by atoms with E-state index in [9.17, 15) is 14.4 Å². The minimum absolute atomic E-state index is 0.0124. The fourth-order valence-electron chi connectivity index (χ4n) is 3.40. The van der Waals surface area contributed by atoms with Gasteiger partial charge in [-0.2, -0.15) is 0 Å². The Balaban J connectivity index is 0.000000390. The van der Waals surface area contributed by atoms with Crippen LogP contribution in [0.3, 0.4) is 0 Å². The Hall–Kier alpha value is -2.87. The zero-order chi connectivity index (χ0) is 23.9. The molecule has 1 fully saturated rings. The molecule has 2 aromatic carbocycles. The molecule has 0 aliphatic heterocycles. The van der Waals surface area contributed by atoms with Gasteiger partial charge in [0.05, 0.1) is 5.54 Å². The number of carboxylic acid groups (broad SMARTS) is 1. The average Bonchev–Trinajstić information content (AvgIpc) is 2.69. The molecule has 0 aromatic heterocycles. The van der Waals surface area contributed by atoms with Crippen LogP contribution in [0.4, 0.5) is 9.59 Å². The largest absolute Gasteiger partial charge is 0.465 e. The Kier molecular flexibility index (Phi) is 8.44. The summed E-state index contributed by atoms with van der Waals surface area (Å²) in [6.07, 6.45) is 0.838. The van der Waals surface area contributed by atoms with Crippen LogP contribution in [-0.2, 0) is 10.3 Å². The van der Waals surface area contributed by atoms with Crippen molar-refractivity contribution in [3.05, 3.63) is 71.3 Å². The molecule has 32 heavy (non-hydrogen) atoms. The number of hydrogen-bond acceptors (Lipinski definition) is 4. The highest BCUT2D eigenvalue weighted by molar-refractivity contribution is 9.09. The van der Waals surface area contributed by atoms with Crippen LogP contribution < -0.4 is 11.1 Å². The molecule has 0 bridgehead atoms. The Morgan fingerprint density at radius 3 is 2.00 bits per heavy atom. The van der Waals surface area contributed by atoms with Gasteiger partial charge in [-0.15, -0.1) is 0 Å². The van der Waals surface area contributed by atoms with Gasteiger partial charge in [-0.1, -0.05) is 70.5 Å². The van der Waals surface area contributed by atoms with Crippen LogP contribution in [0, 0.1) is 0 Å². The predicted molar refractivity (Wildman–Crippen MR) is 126 cm³/mol. The first-order valence-corrected chi connectivity index (χ1v) is 11.2. The highest BCUT2D eigenvalue weighted by Crippen LogP contribution is 2.41. The first-order chi connectivity index (χ1) is 14.9. The third kappa shape index (κ3) is 7.09. The number of ketones is 1. The fraction of sp³-hybridized carbons (Fsp3) is 0.375. The number of nitrogens with one attached hydrogen (secondary N) is 1. The van der Waals surface area contributed by atoms with Gasteiger partial charge >= 0.3 is 12.2 Å². The summed E-state index contributed by atoms with van der Waals surface area (Å²) in [5.74, 6) is -0.0124. The van der Waals surface area contributed by atoms with Crippen LogP contribution >= 0.6 is 15.9 Å². The minimum Gasteiger partial charge on any atom is -0.465 e. The van der Waals surface area contributed by atoms with Crippen molar-refractivity contribution < 1.29 is 24.2 Å². The molecule has 4 N–H and O–H groups in total. The molecule has 1 aliphatic rings. The number of primary amides is 1. The molecule has 172 valence electrons. The first kappa shape index (κ1) is 25.4. The van der Waals surface area contributed by atoms with E-state index in [2.05, 4.69) is 26.0 Å². The Morgan fingerprint density at radius 1 is 1.06 bits per heavy atom. The highest BCUT2D eigenvalue weighted by Gasteiger charge is 2.40. The molecule has 2 amide bonds. The van der Waals surface area contributed by atoms with Gasteiger partial charge in [0, 0.05) is 5.56 Å². The molecule has 0 saturated heterocycles. The molecule has 1 saturated carbocycles. The Bertz CT molecular complexity index is 935. The van der Waals surface area contributed by atoms with E-state index >= 15 is 0 Å². The van der Waals surface area contributed by atoms with Crippen molar-refractivity contribution in [3.63, 3.8) is 0 Å². The van der Waals surface area contributed by atoms with Crippen molar-refractivity contribution in [3.8, 4) is 0 Å². The smallest absolute Gasteiger partial charge is 0.405 e. The van der Waals surface area contributed by atoms with Crippen molar-refractivity contribution in [2.75, 3.05) is 0 Å². The Labute approximate surface area is 196 Å². The zero-order valence-electron chi connectivity index (χ0n) is 18.4. The van der Waals surface area contributed by atoms with Crippen molar-refractivity contribution >= 4 is 33.9 Å². The van der Waals surface area contributed by atoms with Crippen LogP contribution in [0.25, 0.3) is 0 Å². The number of halogens is 1. The van der Waals surface area contributed by atoms with Crippen molar-refractivity contribution in [1.82, 2.24) is 5.32 Å². The topological polar surface area (TPSA) is 119 Å². The molecule has 1 unspecified atom stereocenters. The van der Waals surface area contributed by atoms with E-state index in [1.54, 1.807) is 32.9 Å². The maximum absolute atomic E-state index is 12.6. The summed E-state index contributed by atoms with van der Waals surface area (Å²) in [4.78, 5) is 33.3. The summed E-state index contributed by atoms with van der Waals surface area (Å²) in [7, 11) is 0. The first-order valence-electron chi connectivity index (χ1n) is 10.3. The summed E-state index contributed by atoms with van der Waals surface area (Å²) >= 11 is 3.46. The molecule has 0 spiro atoms. The summed E-state index contributed by atoms with van der Waals surface area (Å²) in [6, 6.07) is 16.8. The quantitative estimate of drug-likeness (QED) is 0.365. The number of benzene rings is 2. The molecule has 7 nitrogen and oxygen atoms in total. The lowest BCUT2D eigenvalue weighted by atomic mass is 9.71. The molecule has 1 atom stereocenters. The Morgan fingerprint density at radius 2 is 1.62 bits per heavy atom. The second-order valence-corrected chi connectivity index (χ2v) is 9.53. The van der Waals surface area contributed by atoms with E-state index in [0.29, 0.717) is 5.56 Å². The number of carbonyl (C=O) groups excluding carboxylic acids is 2. The molecule has 0 radical (unpaired) electrons. The number of rotatable bonds is 5. The summed E-state index contributed by atoms with van der Waals surface area (Å²) < 4.78 is 4.58. The minimum atomic E-state index is -1.01. The van der Waals surface area contributed by atoms with Gasteiger partial charge in [0.15, 0.2) is 5.78 Å². The van der Waals surface area contributed by atoms with Gasteiger partial charge < -0.3 is 20.9 Å². The van der Waals surface area contributed by atoms with E-state index in [-0.39, 0.29) is 10.6 Å². The summed E-state index contributed by atoms with van der Waals surface area (Å²) in [5, 5.41) is 11.7. The van der Waals surface area contributed by atoms with Gasteiger partial charge in [-0.05, 0) is 51.2 Å². The van der Waals surface area contributed by atoms with Crippen LogP contribution in [0.15, 0.2) is 54.6 Å².